The van der Waals surface area contributed by atoms with Gasteiger partial charge in [-0.15, -0.1) is 11.8 Å². The number of aliphatic imine (C=N–C) groups is 1. The predicted molar refractivity (Wildman–Crippen MR) is 73.8 cm³/mol. The van der Waals surface area contributed by atoms with E-state index in [2.05, 4.69) is 0 Å². The van der Waals surface area contributed by atoms with E-state index in [0.29, 0.717) is 12.8 Å². The highest BCUT2D eigenvalue weighted by atomic mass is 32.2. The fourth-order valence-electron chi connectivity index (χ4n) is 3.79. The third kappa shape index (κ3) is 1.34. The van der Waals surface area contributed by atoms with E-state index in [9.17, 15) is 9.59 Å². The topological polar surface area (TPSA) is 49.7 Å². The summed E-state index contributed by atoms with van der Waals surface area (Å²) in [5.74, 6) is 1.21. The van der Waals surface area contributed by atoms with Crippen LogP contribution in [0.5, 0.6) is 0 Å². The standard InChI is InChI=1S/C14H16N2O2S/c17-10-8-13-5-7-19-14(13,9-10)15-11-4-2-1-3-6-16(11)12(13)18/h5,7H,1-4,6,8-9H2. The SMILES string of the molecule is O=C1CC23N=C4CCCCCN4C(=O)C2(C=CS3)C1. The zero-order valence-electron chi connectivity index (χ0n) is 10.7. The minimum absolute atomic E-state index is 0.117. The van der Waals surface area contributed by atoms with Crippen molar-refractivity contribution in [1.82, 2.24) is 4.90 Å². The Bertz CT molecular complexity index is 542. The highest BCUT2D eigenvalue weighted by Gasteiger charge is 2.67. The van der Waals surface area contributed by atoms with E-state index >= 15 is 0 Å². The molecule has 1 saturated carbocycles. The van der Waals surface area contributed by atoms with Crippen LogP contribution in [0.3, 0.4) is 0 Å². The van der Waals surface area contributed by atoms with Gasteiger partial charge in [0, 0.05) is 25.8 Å². The Hall–Kier alpha value is -1.10. The number of amidine groups is 1. The average molecular weight is 276 g/mol. The Morgan fingerprint density at radius 1 is 1.21 bits per heavy atom. The summed E-state index contributed by atoms with van der Waals surface area (Å²) in [4.78, 5) is 31.1. The molecule has 3 aliphatic heterocycles. The summed E-state index contributed by atoms with van der Waals surface area (Å²) in [6.07, 6.45) is 6.85. The lowest BCUT2D eigenvalue weighted by Gasteiger charge is -2.43. The van der Waals surface area contributed by atoms with Gasteiger partial charge >= 0.3 is 0 Å². The van der Waals surface area contributed by atoms with Crippen molar-refractivity contribution in [2.45, 2.75) is 43.4 Å². The summed E-state index contributed by atoms with van der Waals surface area (Å²) in [6.45, 7) is 0.766. The first-order valence-electron chi connectivity index (χ1n) is 6.95. The first-order valence-corrected chi connectivity index (χ1v) is 7.83. The lowest BCUT2D eigenvalue weighted by molar-refractivity contribution is -0.138. The number of amides is 1. The monoisotopic (exact) mass is 276 g/mol. The van der Waals surface area contributed by atoms with Crippen LogP contribution < -0.4 is 0 Å². The number of Topliss-reactive ketones (excluding diaryl/α,β-unsaturated/α-hetero) is 1. The molecular weight excluding hydrogens is 260 g/mol. The quantitative estimate of drug-likeness (QED) is 0.681. The van der Waals surface area contributed by atoms with Crippen molar-refractivity contribution < 1.29 is 9.59 Å². The Kier molecular flexibility index (Phi) is 2.29. The second-order valence-corrected chi connectivity index (χ2v) is 7.05. The third-order valence-electron chi connectivity index (χ3n) is 4.76. The molecule has 5 heteroatoms. The molecule has 0 radical (unpaired) electrons. The van der Waals surface area contributed by atoms with Crippen LogP contribution in [0.2, 0.25) is 0 Å². The van der Waals surface area contributed by atoms with E-state index in [0.717, 1.165) is 38.1 Å². The van der Waals surface area contributed by atoms with Crippen LogP contribution in [0.4, 0.5) is 0 Å². The number of nitrogens with zero attached hydrogens (tertiary/aromatic N) is 2. The largest absolute Gasteiger partial charge is 0.300 e. The molecule has 0 aromatic rings. The molecule has 0 N–H and O–H groups in total. The second kappa shape index (κ2) is 3.72. The number of fused-ring (bicyclic) bond motifs is 1. The first kappa shape index (κ1) is 11.7. The van der Waals surface area contributed by atoms with Crippen molar-refractivity contribution in [2.75, 3.05) is 6.54 Å². The summed E-state index contributed by atoms with van der Waals surface area (Å²) in [6, 6.07) is 0. The van der Waals surface area contributed by atoms with E-state index in [1.807, 2.05) is 16.4 Å². The van der Waals surface area contributed by atoms with E-state index in [1.54, 1.807) is 11.8 Å². The Morgan fingerprint density at radius 2 is 2.11 bits per heavy atom. The van der Waals surface area contributed by atoms with Crippen molar-refractivity contribution >= 4 is 29.3 Å². The van der Waals surface area contributed by atoms with Gasteiger partial charge in [-0.2, -0.15) is 0 Å². The van der Waals surface area contributed by atoms with Gasteiger partial charge in [-0.3, -0.25) is 19.5 Å². The van der Waals surface area contributed by atoms with Crippen LogP contribution >= 0.6 is 11.8 Å². The predicted octanol–water partition coefficient (Wildman–Crippen LogP) is 2.11. The molecule has 4 rings (SSSR count). The molecule has 1 saturated heterocycles. The number of carbonyl (C=O) groups is 2. The maximum atomic E-state index is 13.0. The summed E-state index contributed by atoms with van der Waals surface area (Å²) < 4.78 is 0. The van der Waals surface area contributed by atoms with Gasteiger partial charge in [-0.1, -0.05) is 12.5 Å². The van der Waals surface area contributed by atoms with Gasteiger partial charge in [0.05, 0.1) is 0 Å². The van der Waals surface area contributed by atoms with Gasteiger partial charge in [-0.25, -0.2) is 0 Å². The molecule has 3 heterocycles. The number of ketones is 1. The van der Waals surface area contributed by atoms with E-state index in [4.69, 9.17) is 4.99 Å². The van der Waals surface area contributed by atoms with Crippen LogP contribution in [0.1, 0.15) is 38.5 Å². The van der Waals surface area contributed by atoms with Gasteiger partial charge in [0.15, 0.2) is 0 Å². The van der Waals surface area contributed by atoms with E-state index < -0.39 is 10.3 Å². The van der Waals surface area contributed by atoms with Crippen LogP contribution in [-0.4, -0.2) is 33.8 Å². The molecule has 0 aromatic heterocycles. The molecule has 100 valence electrons. The molecule has 1 aliphatic carbocycles. The van der Waals surface area contributed by atoms with Gasteiger partial charge in [0.25, 0.3) is 0 Å². The van der Waals surface area contributed by atoms with Crippen molar-refractivity contribution in [3.05, 3.63) is 11.5 Å². The van der Waals surface area contributed by atoms with Crippen LogP contribution in [0.25, 0.3) is 0 Å². The van der Waals surface area contributed by atoms with E-state index in [-0.39, 0.29) is 11.7 Å². The van der Waals surface area contributed by atoms with Gasteiger partial charge in [0.2, 0.25) is 5.91 Å². The Morgan fingerprint density at radius 3 is 3.00 bits per heavy atom. The van der Waals surface area contributed by atoms with Gasteiger partial charge in [0.1, 0.15) is 21.9 Å². The lowest BCUT2D eigenvalue weighted by Crippen LogP contribution is -2.56. The Labute approximate surface area is 116 Å². The number of rotatable bonds is 0. The zero-order chi connectivity index (χ0) is 13.1. The highest BCUT2D eigenvalue weighted by Crippen LogP contribution is 2.62. The van der Waals surface area contributed by atoms with Crippen LogP contribution in [-0.2, 0) is 9.59 Å². The fourth-order valence-corrected chi connectivity index (χ4v) is 5.16. The Balaban J connectivity index is 1.88. The lowest BCUT2D eigenvalue weighted by atomic mass is 9.79. The van der Waals surface area contributed by atoms with Crippen molar-refractivity contribution in [1.29, 1.82) is 0 Å². The molecule has 0 spiro atoms. The number of carbonyl (C=O) groups excluding carboxylic acids is 2. The summed E-state index contributed by atoms with van der Waals surface area (Å²) in [7, 11) is 0. The maximum absolute atomic E-state index is 13.0. The average Bonchev–Trinajstić information content (AvgIpc) is 2.73. The molecule has 0 aromatic carbocycles. The maximum Gasteiger partial charge on any atom is 0.241 e. The fraction of sp³-hybridized carbons (Fsp3) is 0.643. The molecular formula is C14H16N2O2S. The molecule has 2 atom stereocenters. The number of thioether (sulfide) groups is 1. The molecule has 2 unspecified atom stereocenters. The minimum atomic E-state index is -0.678. The smallest absolute Gasteiger partial charge is 0.241 e. The van der Waals surface area contributed by atoms with E-state index in [1.165, 1.54) is 0 Å². The van der Waals surface area contributed by atoms with Gasteiger partial charge in [-0.05, 0) is 18.2 Å². The van der Waals surface area contributed by atoms with Crippen molar-refractivity contribution in [2.24, 2.45) is 10.4 Å². The first-order chi connectivity index (χ1) is 9.17. The second-order valence-electron chi connectivity index (χ2n) is 5.86. The molecule has 2 fully saturated rings. The highest BCUT2D eigenvalue weighted by molar-refractivity contribution is 8.03. The summed E-state index contributed by atoms with van der Waals surface area (Å²) >= 11 is 1.57. The molecule has 4 nitrogen and oxygen atoms in total. The summed E-state index contributed by atoms with van der Waals surface area (Å²) in [5.41, 5.74) is -0.678. The third-order valence-corrected chi connectivity index (χ3v) is 6.02. The zero-order valence-corrected chi connectivity index (χ0v) is 11.5. The van der Waals surface area contributed by atoms with Gasteiger partial charge < -0.3 is 0 Å². The molecule has 0 bridgehead atoms. The summed E-state index contributed by atoms with van der Waals surface area (Å²) in [5, 5.41) is 1.97. The minimum Gasteiger partial charge on any atom is -0.300 e. The number of hydrogen-bond donors (Lipinski definition) is 0. The van der Waals surface area contributed by atoms with Crippen LogP contribution in [0, 0.1) is 5.41 Å². The van der Waals surface area contributed by atoms with Crippen molar-refractivity contribution in [3.63, 3.8) is 0 Å². The normalized spacial score (nSPS) is 40.6. The van der Waals surface area contributed by atoms with Crippen molar-refractivity contribution in [3.8, 4) is 0 Å². The molecule has 1 amide bonds. The van der Waals surface area contributed by atoms with Crippen LogP contribution in [0.15, 0.2) is 16.5 Å². The number of hydrogen-bond acceptors (Lipinski definition) is 4. The molecule has 4 aliphatic rings. The molecule has 19 heavy (non-hydrogen) atoms.